The normalized spacial score (nSPS) is 17.8. The van der Waals surface area contributed by atoms with E-state index in [0.29, 0.717) is 41.3 Å². The maximum Gasteiger partial charge on any atom is 0.410 e. The number of anilines is 2. The van der Waals surface area contributed by atoms with Gasteiger partial charge in [-0.15, -0.1) is 0 Å². The molecule has 2 atom stereocenters. The molecule has 1 fully saturated rings. The molecular formula is C29H35N7O4. The molecule has 0 bridgehead atoms. The summed E-state index contributed by atoms with van der Waals surface area (Å²) in [5.41, 5.74) is 2.40. The van der Waals surface area contributed by atoms with Crippen molar-refractivity contribution < 1.29 is 19.1 Å². The van der Waals surface area contributed by atoms with Gasteiger partial charge in [0.05, 0.1) is 41.7 Å². The molecule has 1 N–H and O–H groups in total. The van der Waals surface area contributed by atoms with Crippen molar-refractivity contribution in [3.8, 4) is 5.75 Å². The van der Waals surface area contributed by atoms with Crippen LogP contribution in [-0.4, -0.2) is 74.1 Å². The van der Waals surface area contributed by atoms with E-state index < -0.39 is 5.60 Å². The minimum Gasteiger partial charge on any atom is -0.493 e. The minimum absolute atomic E-state index is 0.105. The predicted octanol–water partition coefficient (Wildman–Crippen LogP) is 4.68. The number of nitrogens with one attached hydrogen (secondary N) is 1. The second-order valence-electron chi connectivity index (χ2n) is 11.3. The van der Waals surface area contributed by atoms with Crippen LogP contribution in [0.2, 0.25) is 0 Å². The Morgan fingerprint density at radius 2 is 1.82 bits per heavy atom. The summed E-state index contributed by atoms with van der Waals surface area (Å²) in [7, 11) is 1.57. The fourth-order valence-corrected chi connectivity index (χ4v) is 5.25. The number of imidazole rings is 1. The van der Waals surface area contributed by atoms with Crippen LogP contribution in [0.15, 0.2) is 43.0 Å². The largest absolute Gasteiger partial charge is 0.493 e. The molecule has 210 valence electrons. The summed E-state index contributed by atoms with van der Waals surface area (Å²) >= 11 is 0. The van der Waals surface area contributed by atoms with Gasteiger partial charge in [0.25, 0.3) is 5.91 Å². The van der Waals surface area contributed by atoms with E-state index in [1.54, 1.807) is 36.7 Å². The highest BCUT2D eigenvalue weighted by Crippen LogP contribution is 2.31. The van der Waals surface area contributed by atoms with Crippen LogP contribution < -0.4 is 15.0 Å². The minimum atomic E-state index is -0.567. The van der Waals surface area contributed by atoms with Gasteiger partial charge < -0.3 is 24.1 Å². The number of nitrogens with zero attached hydrogens (tertiary/aromatic N) is 6. The molecule has 40 heavy (non-hydrogen) atoms. The second kappa shape index (κ2) is 10.3. The van der Waals surface area contributed by atoms with Gasteiger partial charge >= 0.3 is 6.09 Å². The van der Waals surface area contributed by atoms with Gasteiger partial charge in [0.15, 0.2) is 11.4 Å². The van der Waals surface area contributed by atoms with E-state index in [2.05, 4.69) is 20.2 Å². The third-order valence-electron chi connectivity index (χ3n) is 6.80. The Morgan fingerprint density at radius 1 is 1.10 bits per heavy atom. The quantitative estimate of drug-likeness (QED) is 0.393. The number of ether oxygens (including phenoxy) is 2. The van der Waals surface area contributed by atoms with E-state index >= 15 is 0 Å². The number of hydrogen-bond acceptors (Lipinski definition) is 8. The Labute approximate surface area is 233 Å². The highest BCUT2D eigenvalue weighted by atomic mass is 16.6. The van der Waals surface area contributed by atoms with Gasteiger partial charge in [0.1, 0.15) is 11.4 Å². The van der Waals surface area contributed by atoms with Crippen LogP contribution in [0.1, 0.15) is 50.7 Å². The van der Waals surface area contributed by atoms with E-state index in [4.69, 9.17) is 14.5 Å². The molecule has 0 saturated carbocycles. The smallest absolute Gasteiger partial charge is 0.410 e. The fraction of sp³-hybridized carbons (Fsp3) is 0.414. The van der Waals surface area contributed by atoms with Crippen molar-refractivity contribution in [2.75, 3.05) is 30.4 Å². The first-order chi connectivity index (χ1) is 18.9. The van der Waals surface area contributed by atoms with Gasteiger partial charge in [-0.3, -0.25) is 14.7 Å². The zero-order valence-corrected chi connectivity index (χ0v) is 23.9. The third kappa shape index (κ3) is 5.23. The Balaban J connectivity index is 1.42. The van der Waals surface area contributed by atoms with Crippen LogP contribution in [0.4, 0.5) is 16.3 Å². The van der Waals surface area contributed by atoms with Crippen molar-refractivity contribution in [2.24, 2.45) is 0 Å². The molecule has 4 aromatic heterocycles. The molecule has 0 aromatic carbocycles. The Hall–Kier alpha value is -4.41. The molecule has 0 unspecified atom stereocenters. The lowest BCUT2D eigenvalue weighted by atomic mass is 10.1. The summed E-state index contributed by atoms with van der Waals surface area (Å²) in [5, 5.41) is 3.72. The average Bonchev–Trinajstić information content (AvgIpc) is 3.26. The molecule has 11 nitrogen and oxygen atoms in total. The summed E-state index contributed by atoms with van der Waals surface area (Å²) in [5.74, 6) is 0.938. The number of pyridine rings is 3. The molecule has 4 aromatic rings. The summed E-state index contributed by atoms with van der Waals surface area (Å²) in [6.07, 6.45) is 6.56. The van der Waals surface area contributed by atoms with Crippen LogP contribution >= 0.6 is 0 Å². The standard InChI is InChI=1S/C29H35N7O4/c1-17-13-34-16-20(11-23(39-7)26(34)32-17)33-27(37)22-12-31-25(21-9-8-10-30-24(21)22)35-14-18(2)36(19(3)15-35)28(38)40-29(4,5)6/h8-13,16,18-19H,14-15H2,1-7H3,(H,33,37)/t18-,19+. The van der Waals surface area contributed by atoms with Gasteiger partial charge in [-0.1, -0.05) is 0 Å². The molecule has 1 saturated heterocycles. The summed E-state index contributed by atoms with van der Waals surface area (Å²) in [6.45, 7) is 12.6. The lowest BCUT2D eigenvalue weighted by molar-refractivity contribution is 0.00561. The average molecular weight is 546 g/mol. The lowest BCUT2D eigenvalue weighted by Crippen LogP contribution is -2.59. The number of rotatable bonds is 4. The van der Waals surface area contributed by atoms with Crippen molar-refractivity contribution in [3.63, 3.8) is 0 Å². The summed E-state index contributed by atoms with van der Waals surface area (Å²) in [6, 6.07) is 5.28. The molecule has 2 amide bonds. The highest BCUT2D eigenvalue weighted by Gasteiger charge is 2.36. The topological polar surface area (TPSA) is 114 Å². The second-order valence-corrected chi connectivity index (χ2v) is 11.3. The van der Waals surface area contributed by atoms with Crippen LogP contribution in [0.5, 0.6) is 5.75 Å². The molecule has 0 radical (unpaired) electrons. The molecule has 5 heterocycles. The zero-order chi connectivity index (χ0) is 28.8. The SMILES string of the molecule is COc1cc(NC(=O)c2cnc(N3C[C@@H](C)N(C(=O)OC(C)(C)C)[C@@H](C)C3)c3cccnc23)cn2cc(C)nc12. The van der Waals surface area contributed by atoms with Gasteiger partial charge in [-0.25, -0.2) is 14.8 Å². The first kappa shape index (κ1) is 27.2. The molecule has 1 aliphatic rings. The van der Waals surface area contributed by atoms with Crippen LogP contribution in [0.25, 0.3) is 16.6 Å². The Bertz CT molecular complexity index is 1580. The number of hydrogen-bond donors (Lipinski definition) is 1. The zero-order valence-electron chi connectivity index (χ0n) is 23.9. The van der Waals surface area contributed by atoms with Crippen molar-refractivity contribution in [1.82, 2.24) is 24.3 Å². The number of fused-ring (bicyclic) bond motifs is 2. The van der Waals surface area contributed by atoms with Crippen molar-refractivity contribution in [2.45, 2.75) is 59.2 Å². The molecule has 11 heteroatoms. The number of methoxy groups -OCH3 is 1. The van der Waals surface area contributed by atoms with Crippen molar-refractivity contribution in [3.05, 3.63) is 54.2 Å². The van der Waals surface area contributed by atoms with Gasteiger partial charge in [0, 0.05) is 49.3 Å². The number of piperazine rings is 1. The van der Waals surface area contributed by atoms with Crippen LogP contribution in [-0.2, 0) is 4.74 Å². The first-order valence-electron chi connectivity index (χ1n) is 13.3. The van der Waals surface area contributed by atoms with E-state index in [1.165, 1.54) is 0 Å². The van der Waals surface area contributed by atoms with Gasteiger partial charge in [0.2, 0.25) is 0 Å². The molecule has 0 spiro atoms. The molecule has 0 aliphatic carbocycles. The Kier molecular flexibility index (Phi) is 6.99. The molecule has 1 aliphatic heterocycles. The maximum absolute atomic E-state index is 13.5. The third-order valence-corrected chi connectivity index (χ3v) is 6.80. The van der Waals surface area contributed by atoms with Crippen molar-refractivity contribution >= 4 is 40.1 Å². The summed E-state index contributed by atoms with van der Waals surface area (Å²) in [4.78, 5) is 44.0. The van der Waals surface area contributed by atoms with E-state index in [9.17, 15) is 9.59 Å². The monoisotopic (exact) mass is 545 g/mol. The fourth-order valence-electron chi connectivity index (χ4n) is 5.25. The van der Waals surface area contributed by atoms with E-state index in [-0.39, 0.29) is 24.1 Å². The van der Waals surface area contributed by atoms with Gasteiger partial charge in [-0.05, 0) is 53.7 Å². The van der Waals surface area contributed by atoms with E-state index in [1.807, 2.05) is 64.3 Å². The van der Waals surface area contributed by atoms with Crippen molar-refractivity contribution in [1.29, 1.82) is 0 Å². The number of aromatic nitrogens is 4. The van der Waals surface area contributed by atoms with Crippen LogP contribution in [0, 0.1) is 6.92 Å². The highest BCUT2D eigenvalue weighted by molar-refractivity contribution is 6.13. The predicted molar refractivity (Wildman–Crippen MR) is 153 cm³/mol. The molecule has 5 rings (SSSR count). The number of aryl methyl sites for hydroxylation is 1. The summed E-state index contributed by atoms with van der Waals surface area (Å²) < 4.78 is 13.0. The molecular weight excluding hydrogens is 510 g/mol. The lowest BCUT2D eigenvalue weighted by Gasteiger charge is -2.45. The maximum atomic E-state index is 13.5. The van der Waals surface area contributed by atoms with Gasteiger partial charge in [-0.2, -0.15) is 0 Å². The van der Waals surface area contributed by atoms with E-state index in [0.717, 1.165) is 16.9 Å². The number of amides is 2. The number of carbonyl (C=O) groups excluding carboxylic acids is 2. The Morgan fingerprint density at radius 3 is 2.50 bits per heavy atom. The first-order valence-corrected chi connectivity index (χ1v) is 13.3. The number of carbonyl (C=O) groups is 2. The van der Waals surface area contributed by atoms with Crippen LogP contribution in [0.3, 0.4) is 0 Å².